The van der Waals surface area contributed by atoms with Gasteiger partial charge in [0.1, 0.15) is 5.75 Å². The number of aryl methyl sites for hydroxylation is 1. The molecule has 0 saturated carbocycles. The summed E-state index contributed by atoms with van der Waals surface area (Å²) in [7, 11) is 1.56. The maximum Gasteiger partial charge on any atom is 0.270 e. The summed E-state index contributed by atoms with van der Waals surface area (Å²) in [5, 5.41) is 2.78. The molecule has 0 spiro atoms. The Labute approximate surface area is 225 Å². The van der Waals surface area contributed by atoms with Gasteiger partial charge in [0.2, 0.25) is 0 Å². The number of amides is 2. The van der Waals surface area contributed by atoms with E-state index < -0.39 is 0 Å². The Morgan fingerprint density at radius 1 is 1.05 bits per heavy atom. The Balaban J connectivity index is 1.47. The second kappa shape index (κ2) is 11.9. The van der Waals surface area contributed by atoms with Gasteiger partial charge in [0.25, 0.3) is 11.8 Å². The minimum absolute atomic E-state index is 0.173. The molecule has 0 bridgehead atoms. The van der Waals surface area contributed by atoms with E-state index in [9.17, 15) is 9.59 Å². The minimum Gasteiger partial charge on any atom is -0.497 e. The smallest absolute Gasteiger partial charge is 0.270 e. The molecule has 9 heteroatoms. The van der Waals surface area contributed by atoms with Crippen LogP contribution in [0.25, 0.3) is 6.08 Å². The van der Waals surface area contributed by atoms with Gasteiger partial charge in [0.05, 0.1) is 24.3 Å². The van der Waals surface area contributed by atoms with Crippen molar-refractivity contribution in [3.05, 3.63) is 82.8 Å². The number of thioether (sulfide) groups is 1. The highest BCUT2D eigenvalue weighted by Crippen LogP contribution is 2.37. The zero-order chi connectivity index (χ0) is 26.4. The maximum absolute atomic E-state index is 13.1. The van der Waals surface area contributed by atoms with E-state index in [1.165, 1.54) is 11.8 Å². The first kappa shape index (κ1) is 26.2. The SMILES string of the molecule is CCOc1cc(/C=C2\SC(=S)N(c3cccc(C)c3)C2=O)ccc1OCC(=O)Nc1cccc(OC)c1. The highest BCUT2D eigenvalue weighted by Gasteiger charge is 2.33. The molecule has 37 heavy (non-hydrogen) atoms. The van der Waals surface area contributed by atoms with Crippen LogP contribution >= 0.6 is 24.0 Å². The van der Waals surface area contributed by atoms with Crippen LogP contribution in [-0.2, 0) is 9.59 Å². The summed E-state index contributed by atoms with van der Waals surface area (Å²) in [5.74, 6) is 1.04. The van der Waals surface area contributed by atoms with Crippen LogP contribution in [-0.4, -0.2) is 36.5 Å². The summed E-state index contributed by atoms with van der Waals surface area (Å²) in [6, 6.07) is 20.0. The van der Waals surface area contributed by atoms with Crippen molar-refractivity contribution in [2.24, 2.45) is 0 Å². The third kappa shape index (κ3) is 6.49. The number of nitrogens with zero attached hydrogens (tertiary/aromatic N) is 1. The Kier molecular flexibility index (Phi) is 8.47. The molecule has 0 unspecified atom stereocenters. The molecule has 1 aliphatic heterocycles. The maximum atomic E-state index is 13.1. The fourth-order valence-corrected chi connectivity index (χ4v) is 4.95. The van der Waals surface area contributed by atoms with Crippen LogP contribution in [0.1, 0.15) is 18.1 Å². The van der Waals surface area contributed by atoms with E-state index in [2.05, 4.69) is 5.32 Å². The number of carbonyl (C=O) groups is 2. The van der Waals surface area contributed by atoms with E-state index in [-0.39, 0.29) is 18.4 Å². The fraction of sp³-hybridized carbons (Fsp3) is 0.179. The molecular formula is C28H26N2O5S2. The Bertz CT molecular complexity index is 1370. The fourth-order valence-electron chi connectivity index (χ4n) is 3.65. The molecule has 1 N–H and O–H groups in total. The number of rotatable bonds is 9. The highest BCUT2D eigenvalue weighted by atomic mass is 32.2. The van der Waals surface area contributed by atoms with E-state index >= 15 is 0 Å². The lowest BCUT2D eigenvalue weighted by atomic mass is 10.1. The van der Waals surface area contributed by atoms with Crippen molar-refractivity contribution >= 4 is 57.6 Å². The van der Waals surface area contributed by atoms with Crippen LogP contribution in [0.3, 0.4) is 0 Å². The molecule has 0 aliphatic carbocycles. The molecular weight excluding hydrogens is 508 g/mol. The largest absolute Gasteiger partial charge is 0.497 e. The number of ether oxygens (including phenoxy) is 3. The van der Waals surface area contributed by atoms with Gasteiger partial charge in [-0.3, -0.25) is 14.5 Å². The van der Waals surface area contributed by atoms with Crippen molar-refractivity contribution in [1.29, 1.82) is 0 Å². The normalized spacial score (nSPS) is 14.1. The zero-order valence-electron chi connectivity index (χ0n) is 20.6. The molecule has 0 radical (unpaired) electrons. The van der Waals surface area contributed by atoms with Crippen LogP contribution in [0.4, 0.5) is 11.4 Å². The van der Waals surface area contributed by atoms with E-state index in [0.29, 0.717) is 38.8 Å². The first-order chi connectivity index (χ1) is 17.9. The van der Waals surface area contributed by atoms with E-state index in [4.69, 9.17) is 26.4 Å². The lowest BCUT2D eigenvalue weighted by Crippen LogP contribution is -2.27. The predicted octanol–water partition coefficient (Wildman–Crippen LogP) is 5.83. The van der Waals surface area contributed by atoms with Crippen LogP contribution in [0, 0.1) is 6.92 Å². The Morgan fingerprint density at radius 2 is 1.86 bits per heavy atom. The first-order valence-corrected chi connectivity index (χ1v) is 12.8. The number of anilines is 2. The lowest BCUT2D eigenvalue weighted by molar-refractivity contribution is -0.118. The van der Waals surface area contributed by atoms with Gasteiger partial charge in [0, 0.05) is 11.8 Å². The summed E-state index contributed by atoms with van der Waals surface area (Å²) in [6.07, 6.45) is 1.77. The molecule has 1 heterocycles. The molecule has 1 fully saturated rings. The number of methoxy groups -OCH3 is 1. The van der Waals surface area contributed by atoms with Gasteiger partial charge in [0.15, 0.2) is 22.4 Å². The van der Waals surface area contributed by atoms with Gasteiger partial charge in [-0.2, -0.15) is 0 Å². The predicted molar refractivity (Wildman–Crippen MR) is 152 cm³/mol. The van der Waals surface area contributed by atoms with Crippen molar-refractivity contribution in [3.63, 3.8) is 0 Å². The second-order valence-electron chi connectivity index (χ2n) is 8.06. The molecule has 3 aromatic carbocycles. The standard InChI is InChI=1S/C28H26N2O5S2/c1-4-34-24-14-19(15-25-27(32)30(28(36)37-25)21-9-5-7-18(2)13-21)11-12-23(24)35-17-26(31)29-20-8-6-10-22(16-20)33-3/h5-16H,4,17H2,1-3H3,(H,29,31)/b25-15-. The molecule has 190 valence electrons. The Hall–Kier alpha value is -3.82. The van der Waals surface area contributed by atoms with Crippen LogP contribution in [0.15, 0.2) is 71.6 Å². The van der Waals surface area contributed by atoms with Crippen molar-refractivity contribution in [3.8, 4) is 17.2 Å². The molecule has 3 aromatic rings. The number of thiocarbonyl (C=S) groups is 1. The van der Waals surface area contributed by atoms with Gasteiger partial charge >= 0.3 is 0 Å². The molecule has 2 amide bonds. The number of carbonyl (C=O) groups excluding carboxylic acids is 2. The molecule has 0 aromatic heterocycles. The van der Waals surface area contributed by atoms with Crippen LogP contribution in [0.5, 0.6) is 17.2 Å². The van der Waals surface area contributed by atoms with Crippen molar-refractivity contribution in [1.82, 2.24) is 0 Å². The zero-order valence-corrected chi connectivity index (χ0v) is 22.3. The lowest BCUT2D eigenvalue weighted by Gasteiger charge is -2.15. The monoisotopic (exact) mass is 534 g/mol. The molecule has 7 nitrogen and oxygen atoms in total. The van der Waals surface area contributed by atoms with Crippen molar-refractivity contribution in [2.75, 3.05) is 30.5 Å². The summed E-state index contributed by atoms with van der Waals surface area (Å²) in [6.45, 7) is 4.04. The molecule has 4 rings (SSSR count). The first-order valence-electron chi connectivity index (χ1n) is 11.6. The summed E-state index contributed by atoms with van der Waals surface area (Å²) < 4.78 is 17.1. The van der Waals surface area contributed by atoms with Crippen molar-refractivity contribution in [2.45, 2.75) is 13.8 Å². The van der Waals surface area contributed by atoms with E-state index in [1.54, 1.807) is 60.6 Å². The number of hydrogen-bond donors (Lipinski definition) is 1. The topological polar surface area (TPSA) is 77.1 Å². The third-order valence-electron chi connectivity index (χ3n) is 5.33. The van der Waals surface area contributed by atoms with Crippen LogP contribution < -0.4 is 24.4 Å². The second-order valence-corrected chi connectivity index (χ2v) is 9.74. The number of hydrogen-bond acceptors (Lipinski definition) is 7. The van der Waals surface area contributed by atoms with Gasteiger partial charge in [-0.15, -0.1) is 0 Å². The Morgan fingerprint density at radius 3 is 2.62 bits per heavy atom. The van der Waals surface area contributed by atoms with E-state index in [0.717, 1.165) is 16.8 Å². The molecule has 1 saturated heterocycles. The van der Waals surface area contributed by atoms with Gasteiger partial charge in [-0.05, 0) is 67.4 Å². The van der Waals surface area contributed by atoms with Crippen LogP contribution in [0.2, 0.25) is 0 Å². The number of benzene rings is 3. The third-order valence-corrected chi connectivity index (χ3v) is 6.63. The summed E-state index contributed by atoms with van der Waals surface area (Å²) in [5.41, 5.74) is 3.15. The molecule has 1 aliphatic rings. The van der Waals surface area contributed by atoms with E-state index in [1.807, 2.05) is 38.1 Å². The summed E-state index contributed by atoms with van der Waals surface area (Å²) >= 11 is 6.73. The minimum atomic E-state index is -0.320. The average molecular weight is 535 g/mol. The van der Waals surface area contributed by atoms with Gasteiger partial charge in [-0.25, -0.2) is 0 Å². The average Bonchev–Trinajstić information content (AvgIpc) is 3.16. The highest BCUT2D eigenvalue weighted by molar-refractivity contribution is 8.27. The quantitative estimate of drug-likeness (QED) is 0.274. The van der Waals surface area contributed by atoms with Gasteiger partial charge < -0.3 is 19.5 Å². The molecule has 0 atom stereocenters. The number of nitrogens with one attached hydrogen (secondary N) is 1. The summed E-state index contributed by atoms with van der Waals surface area (Å²) in [4.78, 5) is 27.6. The van der Waals surface area contributed by atoms with Crippen molar-refractivity contribution < 1.29 is 23.8 Å². The van der Waals surface area contributed by atoms with Gasteiger partial charge in [-0.1, -0.05) is 48.2 Å².